The maximum Gasteiger partial charge on any atom is 0.337 e. The highest BCUT2D eigenvalue weighted by Gasteiger charge is 2.12. The second-order valence-corrected chi connectivity index (χ2v) is 3.63. The maximum atomic E-state index is 10.8. The van der Waals surface area contributed by atoms with E-state index in [1.807, 2.05) is 6.07 Å². The molecule has 0 aliphatic carbocycles. The summed E-state index contributed by atoms with van der Waals surface area (Å²) in [5, 5.41) is 10.7. The van der Waals surface area contributed by atoms with Crippen molar-refractivity contribution < 1.29 is 9.90 Å². The molecule has 0 atom stereocenters. The van der Waals surface area contributed by atoms with Crippen LogP contribution in [0.5, 0.6) is 0 Å². The van der Waals surface area contributed by atoms with E-state index in [9.17, 15) is 4.79 Å². The van der Waals surface area contributed by atoms with E-state index in [2.05, 4.69) is 4.98 Å². The molecular formula is C10H7NO2S. The summed E-state index contributed by atoms with van der Waals surface area (Å²) in [6.45, 7) is 0. The van der Waals surface area contributed by atoms with E-state index in [1.54, 1.807) is 29.9 Å². The summed E-state index contributed by atoms with van der Waals surface area (Å²) in [5.41, 5.74) is 1.18. The van der Waals surface area contributed by atoms with Crippen LogP contribution in [0.25, 0.3) is 10.4 Å². The van der Waals surface area contributed by atoms with Gasteiger partial charge >= 0.3 is 5.97 Å². The van der Waals surface area contributed by atoms with E-state index in [0.717, 1.165) is 10.4 Å². The Morgan fingerprint density at radius 3 is 2.93 bits per heavy atom. The molecule has 0 aromatic carbocycles. The molecule has 70 valence electrons. The van der Waals surface area contributed by atoms with Crippen molar-refractivity contribution in [3.8, 4) is 10.4 Å². The number of thiophene rings is 1. The lowest BCUT2D eigenvalue weighted by Crippen LogP contribution is -1.95. The first kappa shape index (κ1) is 8.90. The van der Waals surface area contributed by atoms with Crippen molar-refractivity contribution in [1.29, 1.82) is 0 Å². The minimum atomic E-state index is -0.898. The molecule has 2 aromatic rings. The molecule has 0 saturated heterocycles. The van der Waals surface area contributed by atoms with Gasteiger partial charge in [-0.3, -0.25) is 4.98 Å². The smallest absolute Gasteiger partial charge is 0.337 e. The van der Waals surface area contributed by atoms with E-state index < -0.39 is 5.97 Å². The second kappa shape index (κ2) is 3.59. The number of rotatable bonds is 2. The molecule has 4 heteroatoms. The summed E-state index contributed by atoms with van der Waals surface area (Å²) in [6.07, 6.45) is 3.33. The third kappa shape index (κ3) is 1.52. The van der Waals surface area contributed by atoms with Gasteiger partial charge in [0, 0.05) is 18.0 Å². The van der Waals surface area contributed by atoms with Gasteiger partial charge < -0.3 is 5.11 Å². The largest absolute Gasteiger partial charge is 0.478 e. The van der Waals surface area contributed by atoms with Gasteiger partial charge in [0.15, 0.2) is 0 Å². The number of nitrogens with zero attached hydrogens (tertiary/aromatic N) is 1. The topological polar surface area (TPSA) is 50.2 Å². The molecular weight excluding hydrogens is 198 g/mol. The van der Waals surface area contributed by atoms with Gasteiger partial charge in [0.1, 0.15) is 0 Å². The molecule has 0 bridgehead atoms. The molecule has 0 aliphatic rings. The van der Waals surface area contributed by atoms with Crippen molar-refractivity contribution >= 4 is 17.3 Å². The fourth-order valence-corrected chi connectivity index (χ4v) is 2.08. The SMILES string of the molecule is O=C(O)c1ccsc1-c1cccnc1. The fourth-order valence-electron chi connectivity index (χ4n) is 1.20. The lowest BCUT2D eigenvalue weighted by molar-refractivity contribution is 0.0698. The highest BCUT2D eigenvalue weighted by molar-refractivity contribution is 7.14. The first-order chi connectivity index (χ1) is 6.79. The molecule has 0 unspecified atom stereocenters. The quantitative estimate of drug-likeness (QED) is 0.819. The van der Waals surface area contributed by atoms with Crippen molar-refractivity contribution in [1.82, 2.24) is 4.98 Å². The van der Waals surface area contributed by atoms with E-state index >= 15 is 0 Å². The second-order valence-electron chi connectivity index (χ2n) is 2.71. The Balaban J connectivity index is 2.52. The highest BCUT2D eigenvalue weighted by atomic mass is 32.1. The predicted octanol–water partition coefficient (Wildman–Crippen LogP) is 2.51. The molecule has 0 radical (unpaired) electrons. The highest BCUT2D eigenvalue weighted by Crippen LogP contribution is 2.28. The van der Waals surface area contributed by atoms with Crippen molar-refractivity contribution in [3.63, 3.8) is 0 Å². The van der Waals surface area contributed by atoms with Gasteiger partial charge in [-0.15, -0.1) is 11.3 Å². The van der Waals surface area contributed by atoms with Gasteiger partial charge in [-0.1, -0.05) is 6.07 Å². The van der Waals surface area contributed by atoms with Crippen LogP contribution in [0.1, 0.15) is 10.4 Å². The number of pyridine rings is 1. The summed E-state index contributed by atoms with van der Waals surface area (Å²) in [5.74, 6) is -0.898. The Bertz CT molecular complexity index is 450. The van der Waals surface area contributed by atoms with Crippen LogP contribution in [0.2, 0.25) is 0 Å². The first-order valence-corrected chi connectivity index (χ1v) is 4.88. The molecule has 0 amide bonds. The number of carboxylic acids is 1. The van der Waals surface area contributed by atoms with Crippen molar-refractivity contribution in [2.45, 2.75) is 0 Å². The summed E-state index contributed by atoms with van der Waals surface area (Å²) < 4.78 is 0. The minimum absolute atomic E-state index is 0.336. The molecule has 0 aliphatic heterocycles. The van der Waals surface area contributed by atoms with Gasteiger partial charge in [-0.25, -0.2) is 4.79 Å². The Morgan fingerprint density at radius 1 is 1.43 bits per heavy atom. The van der Waals surface area contributed by atoms with Gasteiger partial charge in [0.2, 0.25) is 0 Å². The molecule has 2 rings (SSSR count). The van der Waals surface area contributed by atoms with Crippen LogP contribution in [0.15, 0.2) is 36.0 Å². The molecule has 14 heavy (non-hydrogen) atoms. The van der Waals surface area contributed by atoms with E-state index in [-0.39, 0.29) is 0 Å². The molecule has 0 saturated carbocycles. The van der Waals surface area contributed by atoms with Crippen LogP contribution in [-0.2, 0) is 0 Å². The van der Waals surface area contributed by atoms with Crippen LogP contribution in [0.4, 0.5) is 0 Å². The Morgan fingerprint density at radius 2 is 2.29 bits per heavy atom. The zero-order valence-corrected chi connectivity index (χ0v) is 7.99. The molecule has 0 spiro atoms. The van der Waals surface area contributed by atoms with Crippen LogP contribution in [0, 0.1) is 0 Å². The molecule has 2 heterocycles. The van der Waals surface area contributed by atoms with Gasteiger partial charge in [-0.2, -0.15) is 0 Å². The van der Waals surface area contributed by atoms with Crippen molar-refractivity contribution in [3.05, 3.63) is 41.5 Å². The van der Waals surface area contributed by atoms with Gasteiger partial charge in [-0.05, 0) is 17.5 Å². The lowest BCUT2D eigenvalue weighted by atomic mass is 10.1. The molecule has 2 aromatic heterocycles. The standard InChI is InChI=1S/C10H7NO2S/c12-10(13)8-3-5-14-9(8)7-2-1-4-11-6-7/h1-6H,(H,12,13). The summed E-state index contributed by atoms with van der Waals surface area (Å²) in [4.78, 5) is 15.6. The van der Waals surface area contributed by atoms with Crippen LogP contribution < -0.4 is 0 Å². The Hall–Kier alpha value is -1.68. The van der Waals surface area contributed by atoms with E-state index in [0.29, 0.717) is 5.56 Å². The Labute approximate surface area is 84.7 Å². The summed E-state index contributed by atoms with van der Waals surface area (Å²) in [7, 11) is 0. The van der Waals surface area contributed by atoms with E-state index in [1.165, 1.54) is 11.3 Å². The molecule has 3 nitrogen and oxygen atoms in total. The number of carbonyl (C=O) groups is 1. The van der Waals surface area contributed by atoms with Crippen LogP contribution in [0.3, 0.4) is 0 Å². The fraction of sp³-hybridized carbons (Fsp3) is 0. The number of hydrogen-bond acceptors (Lipinski definition) is 3. The molecule has 1 N–H and O–H groups in total. The average Bonchev–Trinajstić information content (AvgIpc) is 2.67. The number of carboxylic acid groups (broad SMARTS) is 1. The number of aromatic carboxylic acids is 1. The third-order valence-electron chi connectivity index (χ3n) is 1.82. The van der Waals surface area contributed by atoms with Crippen LogP contribution in [-0.4, -0.2) is 16.1 Å². The van der Waals surface area contributed by atoms with Crippen molar-refractivity contribution in [2.24, 2.45) is 0 Å². The maximum absolute atomic E-state index is 10.8. The average molecular weight is 205 g/mol. The first-order valence-electron chi connectivity index (χ1n) is 4.00. The van der Waals surface area contributed by atoms with Gasteiger partial charge in [0.25, 0.3) is 0 Å². The Kier molecular flexibility index (Phi) is 2.28. The number of hydrogen-bond donors (Lipinski definition) is 1. The third-order valence-corrected chi connectivity index (χ3v) is 2.78. The zero-order valence-electron chi connectivity index (χ0n) is 7.18. The normalized spacial score (nSPS) is 10.0. The molecule has 0 fully saturated rings. The summed E-state index contributed by atoms with van der Waals surface area (Å²) >= 11 is 1.41. The minimum Gasteiger partial charge on any atom is -0.478 e. The van der Waals surface area contributed by atoms with Crippen molar-refractivity contribution in [2.75, 3.05) is 0 Å². The predicted molar refractivity (Wildman–Crippen MR) is 54.5 cm³/mol. The summed E-state index contributed by atoms with van der Waals surface area (Å²) in [6, 6.07) is 5.25. The lowest BCUT2D eigenvalue weighted by Gasteiger charge is -1.98. The number of aromatic nitrogens is 1. The van der Waals surface area contributed by atoms with E-state index in [4.69, 9.17) is 5.11 Å². The zero-order chi connectivity index (χ0) is 9.97. The van der Waals surface area contributed by atoms with Crippen LogP contribution >= 0.6 is 11.3 Å². The van der Waals surface area contributed by atoms with Gasteiger partial charge in [0.05, 0.1) is 10.4 Å². The monoisotopic (exact) mass is 205 g/mol.